The topological polar surface area (TPSA) is 21.3 Å². The summed E-state index contributed by atoms with van der Waals surface area (Å²) in [6.45, 7) is 5.49. The predicted molar refractivity (Wildman–Crippen MR) is 67.6 cm³/mol. The molecular weight excluding hydrogens is 198 g/mol. The van der Waals surface area contributed by atoms with E-state index < -0.39 is 0 Å². The molecule has 2 aliphatic carbocycles. The molecule has 94 valence electrons. The van der Waals surface area contributed by atoms with Crippen LogP contribution >= 0.6 is 0 Å². The lowest BCUT2D eigenvalue weighted by molar-refractivity contribution is 0.121. The Morgan fingerprint density at radius 3 is 2.50 bits per heavy atom. The van der Waals surface area contributed by atoms with Crippen molar-refractivity contribution in [2.45, 2.75) is 57.9 Å². The summed E-state index contributed by atoms with van der Waals surface area (Å²) in [6, 6.07) is 0.791. The van der Waals surface area contributed by atoms with Crippen molar-refractivity contribution in [3.63, 3.8) is 0 Å². The van der Waals surface area contributed by atoms with Gasteiger partial charge in [-0.15, -0.1) is 0 Å². The third-order valence-electron chi connectivity index (χ3n) is 3.96. The van der Waals surface area contributed by atoms with Crippen molar-refractivity contribution in [3.05, 3.63) is 0 Å². The largest absolute Gasteiger partial charge is 0.381 e. The van der Waals surface area contributed by atoms with E-state index >= 15 is 0 Å². The van der Waals surface area contributed by atoms with Gasteiger partial charge in [0.2, 0.25) is 0 Å². The predicted octanol–water partition coefficient (Wildman–Crippen LogP) is 2.97. The van der Waals surface area contributed by atoms with Gasteiger partial charge in [-0.2, -0.15) is 0 Å². The average Bonchev–Trinajstić information content (AvgIpc) is 3.10. The molecule has 0 heterocycles. The van der Waals surface area contributed by atoms with Crippen molar-refractivity contribution in [3.8, 4) is 0 Å². The first-order chi connectivity index (χ1) is 7.84. The van der Waals surface area contributed by atoms with Crippen LogP contribution in [-0.2, 0) is 4.74 Å². The maximum Gasteiger partial charge on any atom is 0.0494 e. The lowest BCUT2D eigenvalue weighted by atomic mass is 9.87. The number of hydrogen-bond acceptors (Lipinski definition) is 2. The first kappa shape index (κ1) is 12.4. The van der Waals surface area contributed by atoms with Crippen LogP contribution in [0.2, 0.25) is 0 Å². The Balaban J connectivity index is 1.39. The zero-order valence-corrected chi connectivity index (χ0v) is 10.7. The first-order valence-electron chi connectivity index (χ1n) is 7.15. The summed E-state index contributed by atoms with van der Waals surface area (Å²) in [5, 5.41) is 3.67. The van der Waals surface area contributed by atoms with E-state index in [4.69, 9.17) is 4.74 Å². The second-order valence-corrected chi connectivity index (χ2v) is 5.78. The smallest absolute Gasteiger partial charge is 0.0494 e. The van der Waals surface area contributed by atoms with Crippen molar-refractivity contribution in [1.29, 1.82) is 0 Å². The van der Waals surface area contributed by atoms with Crippen molar-refractivity contribution in [2.75, 3.05) is 19.8 Å². The van der Waals surface area contributed by atoms with Crippen LogP contribution < -0.4 is 5.32 Å². The standard InChI is InChI=1S/C14H27NO/c1-12-3-7-14(8-4-12)15-9-2-10-16-11-13-5-6-13/h12-15H,2-11H2,1H3. The lowest BCUT2D eigenvalue weighted by Gasteiger charge is -2.27. The summed E-state index contributed by atoms with van der Waals surface area (Å²) < 4.78 is 5.62. The Morgan fingerprint density at radius 2 is 1.81 bits per heavy atom. The molecule has 16 heavy (non-hydrogen) atoms. The number of hydrogen-bond donors (Lipinski definition) is 1. The van der Waals surface area contributed by atoms with Gasteiger partial charge in [0, 0.05) is 19.3 Å². The molecule has 2 fully saturated rings. The fraction of sp³-hybridized carbons (Fsp3) is 1.00. The second kappa shape index (κ2) is 6.61. The molecule has 0 aromatic carbocycles. The van der Waals surface area contributed by atoms with Gasteiger partial charge in [0.05, 0.1) is 0 Å². The fourth-order valence-electron chi connectivity index (χ4n) is 2.48. The average molecular weight is 225 g/mol. The van der Waals surface area contributed by atoms with Crippen LogP contribution in [0.4, 0.5) is 0 Å². The summed E-state index contributed by atoms with van der Waals surface area (Å²) in [7, 11) is 0. The van der Waals surface area contributed by atoms with E-state index in [1.807, 2.05) is 0 Å². The molecular formula is C14H27NO. The van der Waals surface area contributed by atoms with Crippen molar-refractivity contribution < 1.29 is 4.74 Å². The van der Waals surface area contributed by atoms with Gasteiger partial charge >= 0.3 is 0 Å². The van der Waals surface area contributed by atoms with Crippen LogP contribution in [0.5, 0.6) is 0 Å². The highest BCUT2D eigenvalue weighted by molar-refractivity contribution is 4.75. The van der Waals surface area contributed by atoms with Crippen LogP contribution in [0.15, 0.2) is 0 Å². The maximum atomic E-state index is 5.62. The van der Waals surface area contributed by atoms with E-state index in [1.165, 1.54) is 44.9 Å². The molecule has 2 heteroatoms. The minimum atomic E-state index is 0.791. The number of nitrogens with one attached hydrogen (secondary N) is 1. The highest BCUT2D eigenvalue weighted by Crippen LogP contribution is 2.28. The molecule has 2 nitrogen and oxygen atoms in total. The van der Waals surface area contributed by atoms with Gasteiger partial charge in [0.15, 0.2) is 0 Å². The maximum absolute atomic E-state index is 5.62. The quantitative estimate of drug-likeness (QED) is 0.673. The molecule has 1 N–H and O–H groups in total. The van der Waals surface area contributed by atoms with Crippen molar-refractivity contribution in [2.24, 2.45) is 11.8 Å². The van der Waals surface area contributed by atoms with Crippen molar-refractivity contribution >= 4 is 0 Å². The van der Waals surface area contributed by atoms with Crippen LogP contribution in [0.25, 0.3) is 0 Å². The molecule has 0 bridgehead atoms. The minimum absolute atomic E-state index is 0.791. The van der Waals surface area contributed by atoms with Crippen LogP contribution in [0, 0.1) is 11.8 Å². The van der Waals surface area contributed by atoms with Crippen LogP contribution in [0.1, 0.15) is 51.9 Å². The molecule has 0 amide bonds. The fourth-order valence-corrected chi connectivity index (χ4v) is 2.48. The van der Waals surface area contributed by atoms with Gasteiger partial charge in [0.25, 0.3) is 0 Å². The Kier molecular flexibility index (Phi) is 5.11. The molecule has 0 aliphatic heterocycles. The molecule has 0 aromatic rings. The Labute approximate surface area is 100 Å². The molecule has 0 radical (unpaired) electrons. The first-order valence-corrected chi connectivity index (χ1v) is 7.15. The summed E-state index contributed by atoms with van der Waals surface area (Å²) in [5.41, 5.74) is 0. The van der Waals surface area contributed by atoms with Gasteiger partial charge in [0.1, 0.15) is 0 Å². The molecule has 2 saturated carbocycles. The van der Waals surface area contributed by atoms with E-state index in [0.29, 0.717) is 0 Å². The van der Waals surface area contributed by atoms with E-state index in [1.54, 1.807) is 0 Å². The molecule has 0 aromatic heterocycles. The van der Waals surface area contributed by atoms with E-state index in [0.717, 1.165) is 37.6 Å². The van der Waals surface area contributed by atoms with Gasteiger partial charge in [-0.3, -0.25) is 0 Å². The SMILES string of the molecule is CC1CCC(NCCCOCC2CC2)CC1. The second-order valence-electron chi connectivity index (χ2n) is 5.78. The normalized spacial score (nSPS) is 30.6. The molecule has 0 saturated heterocycles. The Bertz CT molecular complexity index is 183. The van der Waals surface area contributed by atoms with E-state index in [-0.39, 0.29) is 0 Å². The minimum Gasteiger partial charge on any atom is -0.381 e. The summed E-state index contributed by atoms with van der Waals surface area (Å²) in [6.07, 6.45) is 9.57. The molecule has 2 rings (SSSR count). The van der Waals surface area contributed by atoms with E-state index in [9.17, 15) is 0 Å². The summed E-state index contributed by atoms with van der Waals surface area (Å²) in [4.78, 5) is 0. The molecule has 0 spiro atoms. The number of rotatable bonds is 7. The van der Waals surface area contributed by atoms with Gasteiger partial charge in [-0.1, -0.05) is 6.92 Å². The van der Waals surface area contributed by atoms with Gasteiger partial charge < -0.3 is 10.1 Å². The molecule has 0 unspecified atom stereocenters. The van der Waals surface area contributed by atoms with Crippen molar-refractivity contribution in [1.82, 2.24) is 5.32 Å². The Hall–Kier alpha value is -0.0800. The highest BCUT2D eigenvalue weighted by atomic mass is 16.5. The third-order valence-corrected chi connectivity index (χ3v) is 3.96. The highest BCUT2D eigenvalue weighted by Gasteiger charge is 2.21. The molecule has 2 aliphatic rings. The van der Waals surface area contributed by atoms with Crippen LogP contribution in [-0.4, -0.2) is 25.8 Å². The van der Waals surface area contributed by atoms with Crippen LogP contribution in [0.3, 0.4) is 0 Å². The molecule has 0 atom stereocenters. The zero-order chi connectivity index (χ0) is 11.2. The summed E-state index contributed by atoms with van der Waals surface area (Å²) >= 11 is 0. The van der Waals surface area contributed by atoms with Gasteiger partial charge in [-0.25, -0.2) is 0 Å². The lowest BCUT2D eigenvalue weighted by Crippen LogP contribution is -2.33. The summed E-state index contributed by atoms with van der Waals surface area (Å²) in [5.74, 6) is 1.87. The Morgan fingerprint density at radius 1 is 1.06 bits per heavy atom. The number of ether oxygens (including phenoxy) is 1. The third kappa shape index (κ3) is 4.84. The monoisotopic (exact) mass is 225 g/mol. The van der Waals surface area contributed by atoms with Gasteiger partial charge in [-0.05, 0) is 63.3 Å². The zero-order valence-electron chi connectivity index (χ0n) is 10.7. The van der Waals surface area contributed by atoms with E-state index in [2.05, 4.69) is 12.2 Å².